The standard InChI is InChI=1S/C14H12N4O2/c1-9(11-7-4-8-19-11)16-13(15)18-14-17-10-5-2-3-6-12(10)20-14/h2-8H,1H2,(H3,15,16,17,18). The predicted octanol–water partition coefficient (Wildman–Crippen LogP) is 2.82. The quantitative estimate of drug-likeness (QED) is 0.563. The third-order valence-electron chi connectivity index (χ3n) is 2.59. The molecule has 100 valence electrons. The molecule has 0 unspecified atom stereocenters. The van der Waals surface area contributed by atoms with Gasteiger partial charge in [-0.2, -0.15) is 4.98 Å². The molecule has 1 aromatic carbocycles. The van der Waals surface area contributed by atoms with Crippen molar-refractivity contribution in [1.82, 2.24) is 4.98 Å². The molecule has 0 bridgehead atoms. The summed E-state index contributed by atoms with van der Waals surface area (Å²) < 4.78 is 10.6. The van der Waals surface area contributed by atoms with E-state index < -0.39 is 0 Å². The molecule has 0 atom stereocenters. The van der Waals surface area contributed by atoms with Crippen LogP contribution in [0.2, 0.25) is 0 Å². The Morgan fingerprint density at radius 1 is 1.25 bits per heavy atom. The van der Waals surface area contributed by atoms with Gasteiger partial charge >= 0.3 is 6.01 Å². The van der Waals surface area contributed by atoms with Crippen LogP contribution in [0.5, 0.6) is 0 Å². The first-order chi connectivity index (χ1) is 9.72. The number of benzene rings is 1. The summed E-state index contributed by atoms with van der Waals surface area (Å²) in [7, 11) is 0. The van der Waals surface area contributed by atoms with E-state index in [1.54, 1.807) is 18.4 Å². The number of oxazole rings is 1. The minimum Gasteiger partial charge on any atom is -0.463 e. The van der Waals surface area contributed by atoms with Gasteiger partial charge in [0.1, 0.15) is 11.2 Å². The topological polar surface area (TPSA) is 89.6 Å². The summed E-state index contributed by atoms with van der Waals surface area (Å²) in [5.74, 6) is 0.672. The van der Waals surface area contributed by atoms with Crippen LogP contribution in [0.3, 0.4) is 0 Å². The summed E-state index contributed by atoms with van der Waals surface area (Å²) in [6.45, 7) is 3.77. The Balaban J connectivity index is 1.78. The number of aliphatic imine (C=N–C) groups is 1. The zero-order valence-corrected chi connectivity index (χ0v) is 10.5. The Labute approximate surface area is 114 Å². The molecule has 3 aromatic rings. The molecule has 2 heterocycles. The second kappa shape index (κ2) is 4.93. The maximum atomic E-state index is 5.77. The number of aromatic nitrogens is 1. The number of fused-ring (bicyclic) bond motifs is 1. The summed E-state index contributed by atoms with van der Waals surface area (Å²) in [4.78, 5) is 8.31. The molecular weight excluding hydrogens is 256 g/mol. The fourth-order valence-electron chi connectivity index (χ4n) is 1.71. The highest BCUT2D eigenvalue weighted by Crippen LogP contribution is 2.18. The maximum Gasteiger partial charge on any atom is 0.302 e. The van der Waals surface area contributed by atoms with Crippen molar-refractivity contribution in [1.29, 1.82) is 0 Å². The van der Waals surface area contributed by atoms with E-state index in [0.29, 0.717) is 17.0 Å². The first-order valence-electron chi connectivity index (χ1n) is 5.92. The fourth-order valence-corrected chi connectivity index (χ4v) is 1.71. The van der Waals surface area contributed by atoms with E-state index >= 15 is 0 Å². The highest BCUT2D eigenvalue weighted by molar-refractivity contribution is 5.94. The summed E-state index contributed by atoms with van der Waals surface area (Å²) in [6.07, 6.45) is 1.54. The van der Waals surface area contributed by atoms with Crippen molar-refractivity contribution < 1.29 is 8.83 Å². The summed E-state index contributed by atoms with van der Waals surface area (Å²) in [5, 5.41) is 2.77. The molecule has 0 spiro atoms. The van der Waals surface area contributed by atoms with E-state index in [-0.39, 0.29) is 12.0 Å². The van der Waals surface area contributed by atoms with E-state index in [1.165, 1.54) is 0 Å². The van der Waals surface area contributed by atoms with Crippen LogP contribution < -0.4 is 11.1 Å². The second-order valence-electron chi connectivity index (χ2n) is 4.03. The normalized spacial score (nSPS) is 11.7. The van der Waals surface area contributed by atoms with Crippen LogP contribution in [-0.4, -0.2) is 10.9 Å². The number of hydrogen-bond donors (Lipinski definition) is 2. The zero-order valence-electron chi connectivity index (χ0n) is 10.5. The van der Waals surface area contributed by atoms with Gasteiger partial charge in [-0.05, 0) is 24.3 Å². The number of nitrogens with one attached hydrogen (secondary N) is 1. The molecule has 20 heavy (non-hydrogen) atoms. The molecule has 0 aliphatic rings. The number of anilines is 1. The minimum absolute atomic E-state index is 0.123. The van der Waals surface area contributed by atoms with Crippen molar-refractivity contribution in [2.45, 2.75) is 0 Å². The van der Waals surface area contributed by atoms with Crippen molar-refractivity contribution in [2.24, 2.45) is 10.7 Å². The molecule has 0 saturated carbocycles. The Kier molecular flexibility index (Phi) is 2.96. The highest BCUT2D eigenvalue weighted by Gasteiger charge is 2.07. The fraction of sp³-hybridized carbons (Fsp3) is 0. The molecule has 3 rings (SSSR count). The summed E-state index contributed by atoms with van der Waals surface area (Å²) >= 11 is 0. The van der Waals surface area contributed by atoms with Gasteiger partial charge in [0.2, 0.25) is 5.96 Å². The Bertz CT molecular complexity index is 738. The van der Waals surface area contributed by atoms with E-state index in [2.05, 4.69) is 21.9 Å². The molecule has 2 aromatic heterocycles. The molecule has 6 nitrogen and oxygen atoms in total. The lowest BCUT2D eigenvalue weighted by Gasteiger charge is -2.00. The summed E-state index contributed by atoms with van der Waals surface area (Å²) in [6, 6.07) is 11.2. The lowest BCUT2D eigenvalue weighted by atomic mass is 10.3. The molecular formula is C14H12N4O2. The Morgan fingerprint density at radius 2 is 2.10 bits per heavy atom. The van der Waals surface area contributed by atoms with Gasteiger partial charge in [0.15, 0.2) is 11.3 Å². The van der Waals surface area contributed by atoms with Crippen LogP contribution >= 0.6 is 0 Å². The van der Waals surface area contributed by atoms with Crippen LogP contribution in [0.25, 0.3) is 16.8 Å². The highest BCUT2D eigenvalue weighted by atomic mass is 16.4. The minimum atomic E-state index is 0.123. The first-order valence-corrected chi connectivity index (χ1v) is 5.92. The van der Waals surface area contributed by atoms with Gasteiger partial charge in [0, 0.05) is 0 Å². The predicted molar refractivity (Wildman–Crippen MR) is 77.0 cm³/mol. The van der Waals surface area contributed by atoms with Crippen LogP contribution in [-0.2, 0) is 0 Å². The number of rotatable bonds is 3. The number of nitrogens with zero attached hydrogens (tertiary/aromatic N) is 2. The number of hydrogen-bond acceptors (Lipinski definition) is 4. The second-order valence-corrected chi connectivity index (χ2v) is 4.03. The van der Waals surface area contributed by atoms with Gasteiger partial charge < -0.3 is 14.6 Å². The van der Waals surface area contributed by atoms with Crippen LogP contribution in [0.4, 0.5) is 6.01 Å². The largest absolute Gasteiger partial charge is 0.463 e. The average Bonchev–Trinajstić information content (AvgIpc) is 3.07. The number of nitrogens with two attached hydrogens (primary N) is 1. The number of para-hydroxylation sites is 2. The van der Waals surface area contributed by atoms with Gasteiger partial charge in [-0.3, -0.25) is 5.32 Å². The van der Waals surface area contributed by atoms with Gasteiger partial charge in [0.05, 0.1) is 6.26 Å². The zero-order chi connectivity index (χ0) is 13.9. The van der Waals surface area contributed by atoms with Crippen molar-refractivity contribution in [3.05, 3.63) is 55.0 Å². The van der Waals surface area contributed by atoms with Crippen molar-refractivity contribution in [3.63, 3.8) is 0 Å². The van der Waals surface area contributed by atoms with Gasteiger partial charge in [0.25, 0.3) is 0 Å². The molecule has 3 N–H and O–H groups in total. The number of furan rings is 1. The van der Waals surface area contributed by atoms with E-state index in [0.717, 1.165) is 5.52 Å². The van der Waals surface area contributed by atoms with Crippen molar-refractivity contribution in [3.8, 4) is 0 Å². The lowest BCUT2D eigenvalue weighted by molar-refractivity contribution is 0.552. The summed E-state index contributed by atoms with van der Waals surface area (Å²) in [5.41, 5.74) is 7.60. The first kappa shape index (κ1) is 12.0. The third kappa shape index (κ3) is 2.39. The van der Waals surface area contributed by atoms with E-state index in [9.17, 15) is 0 Å². The lowest BCUT2D eigenvalue weighted by Crippen LogP contribution is -2.22. The average molecular weight is 268 g/mol. The molecule has 0 aliphatic heterocycles. The van der Waals surface area contributed by atoms with E-state index in [1.807, 2.05) is 24.3 Å². The smallest absolute Gasteiger partial charge is 0.302 e. The van der Waals surface area contributed by atoms with E-state index in [4.69, 9.17) is 14.6 Å². The Morgan fingerprint density at radius 3 is 2.85 bits per heavy atom. The van der Waals surface area contributed by atoms with Crippen molar-refractivity contribution >= 4 is 28.8 Å². The maximum absolute atomic E-state index is 5.77. The Hall–Kier alpha value is -3.02. The van der Waals surface area contributed by atoms with Crippen LogP contribution in [0.15, 0.2) is 63.1 Å². The van der Waals surface area contributed by atoms with Gasteiger partial charge in [-0.25, -0.2) is 4.99 Å². The third-order valence-corrected chi connectivity index (χ3v) is 2.59. The molecule has 0 aliphatic carbocycles. The van der Waals surface area contributed by atoms with Crippen LogP contribution in [0.1, 0.15) is 5.76 Å². The van der Waals surface area contributed by atoms with Crippen LogP contribution in [0, 0.1) is 0 Å². The molecule has 0 fully saturated rings. The monoisotopic (exact) mass is 268 g/mol. The molecule has 0 amide bonds. The van der Waals surface area contributed by atoms with Gasteiger partial charge in [-0.1, -0.05) is 18.7 Å². The SMILES string of the molecule is C=C(/N=C(\N)Nc1nc2ccccc2o1)c1ccco1. The van der Waals surface area contributed by atoms with Crippen molar-refractivity contribution in [2.75, 3.05) is 5.32 Å². The molecule has 0 radical (unpaired) electrons. The van der Waals surface area contributed by atoms with Gasteiger partial charge in [-0.15, -0.1) is 0 Å². The molecule has 6 heteroatoms. The number of guanidine groups is 1. The molecule has 0 saturated heterocycles.